The van der Waals surface area contributed by atoms with Gasteiger partial charge in [0, 0.05) is 13.3 Å². The molecule has 0 bridgehead atoms. The average molecular weight is 249 g/mol. The first-order chi connectivity index (χ1) is 8.51. The van der Waals surface area contributed by atoms with Crippen molar-refractivity contribution < 1.29 is 14.6 Å². The van der Waals surface area contributed by atoms with Crippen LogP contribution in [0.15, 0.2) is 18.3 Å². The minimum Gasteiger partial charge on any atom is -0.478 e. The highest BCUT2D eigenvalue weighted by atomic mass is 16.5. The Hall–Kier alpha value is -1.95. The summed E-state index contributed by atoms with van der Waals surface area (Å²) in [4.78, 5) is 11.0. The summed E-state index contributed by atoms with van der Waals surface area (Å²) in [6.45, 7) is 3.88. The van der Waals surface area contributed by atoms with E-state index in [1.165, 1.54) is 12.3 Å². The van der Waals surface area contributed by atoms with Crippen LogP contribution in [-0.4, -0.2) is 32.8 Å². The number of methoxy groups -OCH3 is 1. The van der Waals surface area contributed by atoms with E-state index in [-0.39, 0.29) is 5.56 Å². The molecule has 0 amide bonds. The van der Waals surface area contributed by atoms with Crippen molar-refractivity contribution in [1.82, 2.24) is 14.6 Å². The van der Waals surface area contributed by atoms with Crippen LogP contribution in [0.4, 0.5) is 0 Å². The van der Waals surface area contributed by atoms with Gasteiger partial charge in [-0.2, -0.15) is 0 Å². The predicted molar refractivity (Wildman–Crippen MR) is 64.6 cm³/mol. The number of fused-ring (bicyclic) bond motifs is 1. The second-order valence-electron chi connectivity index (χ2n) is 4.26. The number of nitrogens with zero attached hydrogens (tertiary/aromatic N) is 3. The van der Waals surface area contributed by atoms with E-state index in [4.69, 9.17) is 9.84 Å². The number of carboxylic acid groups (broad SMARTS) is 1. The van der Waals surface area contributed by atoms with Crippen molar-refractivity contribution in [3.8, 4) is 0 Å². The van der Waals surface area contributed by atoms with Crippen LogP contribution in [0, 0.1) is 0 Å². The number of aromatic carboxylic acids is 1. The Balaban J connectivity index is 2.65. The Morgan fingerprint density at radius 2 is 2.22 bits per heavy atom. The Morgan fingerprint density at radius 3 is 2.78 bits per heavy atom. The van der Waals surface area contributed by atoms with Crippen molar-refractivity contribution in [2.75, 3.05) is 7.11 Å². The molecule has 2 rings (SSSR count). The molecule has 2 aromatic rings. The molecule has 0 aliphatic carbocycles. The number of hydrogen-bond acceptors (Lipinski definition) is 4. The summed E-state index contributed by atoms with van der Waals surface area (Å²) in [6.07, 6.45) is 2.22. The Kier molecular flexibility index (Phi) is 3.04. The summed E-state index contributed by atoms with van der Waals surface area (Å²) in [5.41, 5.74) is 0.209. The maximum atomic E-state index is 11.0. The first-order valence-corrected chi connectivity index (χ1v) is 5.65. The molecule has 0 radical (unpaired) electrons. The van der Waals surface area contributed by atoms with Crippen LogP contribution in [0.5, 0.6) is 0 Å². The first kappa shape index (κ1) is 12.5. The topological polar surface area (TPSA) is 76.7 Å². The molecule has 0 fully saturated rings. The van der Waals surface area contributed by atoms with Crippen molar-refractivity contribution in [1.29, 1.82) is 0 Å². The zero-order valence-electron chi connectivity index (χ0n) is 10.5. The molecule has 0 saturated carbocycles. The summed E-state index contributed by atoms with van der Waals surface area (Å²) >= 11 is 0. The first-order valence-electron chi connectivity index (χ1n) is 5.65. The van der Waals surface area contributed by atoms with Gasteiger partial charge in [-0.3, -0.25) is 4.40 Å². The minimum atomic E-state index is -0.979. The van der Waals surface area contributed by atoms with E-state index in [0.29, 0.717) is 17.9 Å². The largest absolute Gasteiger partial charge is 0.478 e. The Labute approximate surface area is 104 Å². The highest BCUT2D eigenvalue weighted by Gasteiger charge is 2.29. The number of hydrogen-bond donors (Lipinski definition) is 1. The van der Waals surface area contributed by atoms with Crippen LogP contribution in [-0.2, 0) is 10.3 Å². The monoisotopic (exact) mass is 249 g/mol. The number of aromatic nitrogens is 3. The molecular weight excluding hydrogens is 234 g/mol. The maximum absolute atomic E-state index is 11.0. The van der Waals surface area contributed by atoms with Crippen LogP contribution in [0.25, 0.3) is 5.65 Å². The average Bonchev–Trinajstić information content (AvgIpc) is 2.81. The highest BCUT2D eigenvalue weighted by molar-refractivity contribution is 5.87. The van der Waals surface area contributed by atoms with E-state index in [9.17, 15) is 4.79 Å². The zero-order chi connectivity index (χ0) is 13.3. The van der Waals surface area contributed by atoms with Gasteiger partial charge in [-0.25, -0.2) is 4.79 Å². The van der Waals surface area contributed by atoms with Gasteiger partial charge in [0.25, 0.3) is 0 Å². The third-order valence-electron chi connectivity index (χ3n) is 3.25. The minimum absolute atomic E-state index is 0.193. The number of rotatable bonds is 4. The van der Waals surface area contributed by atoms with E-state index in [1.54, 1.807) is 17.6 Å². The smallest absolute Gasteiger partial charge is 0.337 e. The summed E-state index contributed by atoms with van der Waals surface area (Å²) in [7, 11) is 1.60. The van der Waals surface area contributed by atoms with Gasteiger partial charge < -0.3 is 9.84 Å². The van der Waals surface area contributed by atoms with Crippen molar-refractivity contribution >= 4 is 11.6 Å². The molecule has 6 heteroatoms. The fourth-order valence-corrected chi connectivity index (χ4v) is 1.77. The normalized spacial score (nSPS) is 14.6. The SMILES string of the molecule is CCC(C)(OC)c1nnc2ccc(C(=O)O)cn12. The lowest BCUT2D eigenvalue weighted by atomic mass is 10.0. The molecule has 1 unspecified atom stereocenters. The molecule has 18 heavy (non-hydrogen) atoms. The van der Waals surface area contributed by atoms with Crippen LogP contribution in [0.1, 0.15) is 36.5 Å². The van der Waals surface area contributed by atoms with Gasteiger partial charge in [-0.1, -0.05) is 6.92 Å². The molecule has 0 saturated heterocycles. The molecule has 0 aliphatic rings. The zero-order valence-corrected chi connectivity index (χ0v) is 10.5. The van der Waals surface area contributed by atoms with Crippen LogP contribution < -0.4 is 0 Å². The maximum Gasteiger partial charge on any atom is 0.337 e. The van der Waals surface area contributed by atoms with Gasteiger partial charge in [0.15, 0.2) is 11.5 Å². The molecule has 1 N–H and O–H groups in total. The van der Waals surface area contributed by atoms with Crippen molar-refractivity contribution in [2.45, 2.75) is 25.9 Å². The lowest BCUT2D eigenvalue weighted by Gasteiger charge is -2.24. The number of ether oxygens (including phenoxy) is 1. The van der Waals surface area contributed by atoms with Gasteiger partial charge in [0.1, 0.15) is 5.60 Å². The fourth-order valence-electron chi connectivity index (χ4n) is 1.77. The lowest BCUT2D eigenvalue weighted by Crippen LogP contribution is -2.26. The standard InChI is InChI=1S/C12H15N3O3/c1-4-12(2,18-3)11-14-13-9-6-5-8(10(16)17)7-15(9)11/h5-7H,4H2,1-3H3,(H,16,17). The van der Waals surface area contributed by atoms with Gasteiger partial charge in [-0.15, -0.1) is 10.2 Å². The Bertz CT molecular complexity index is 587. The number of pyridine rings is 1. The van der Waals surface area contributed by atoms with Crippen LogP contribution >= 0.6 is 0 Å². The Morgan fingerprint density at radius 1 is 1.50 bits per heavy atom. The van der Waals surface area contributed by atoms with Gasteiger partial charge >= 0.3 is 5.97 Å². The molecule has 2 aromatic heterocycles. The summed E-state index contributed by atoms with van der Waals surface area (Å²) < 4.78 is 7.13. The summed E-state index contributed by atoms with van der Waals surface area (Å²) in [6, 6.07) is 3.14. The quantitative estimate of drug-likeness (QED) is 0.892. The van der Waals surface area contributed by atoms with Crippen molar-refractivity contribution in [2.24, 2.45) is 0 Å². The molecule has 2 heterocycles. The molecule has 6 nitrogen and oxygen atoms in total. The van der Waals surface area contributed by atoms with Gasteiger partial charge in [0.2, 0.25) is 0 Å². The third kappa shape index (κ3) is 1.84. The summed E-state index contributed by atoms with van der Waals surface area (Å²) in [5.74, 6) is -0.377. The third-order valence-corrected chi connectivity index (χ3v) is 3.25. The van der Waals surface area contributed by atoms with Crippen molar-refractivity contribution in [3.63, 3.8) is 0 Å². The van der Waals surface area contributed by atoms with E-state index in [0.717, 1.165) is 0 Å². The van der Waals surface area contributed by atoms with E-state index in [1.807, 2.05) is 13.8 Å². The summed E-state index contributed by atoms with van der Waals surface area (Å²) in [5, 5.41) is 17.1. The molecule has 0 aliphatic heterocycles. The van der Waals surface area contributed by atoms with E-state index >= 15 is 0 Å². The number of carbonyl (C=O) groups is 1. The second-order valence-corrected chi connectivity index (χ2v) is 4.26. The van der Waals surface area contributed by atoms with E-state index in [2.05, 4.69) is 10.2 Å². The molecule has 0 spiro atoms. The fraction of sp³-hybridized carbons (Fsp3) is 0.417. The second kappa shape index (κ2) is 4.38. The van der Waals surface area contributed by atoms with Crippen molar-refractivity contribution in [3.05, 3.63) is 29.7 Å². The van der Waals surface area contributed by atoms with E-state index < -0.39 is 11.6 Å². The van der Waals surface area contributed by atoms with Gasteiger partial charge in [-0.05, 0) is 25.5 Å². The van der Waals surface area contributed by atoms with Gasteiger partial charge in [0.05, 0.1) is 5.56 Å². The van der Waals surface area contributed by atoms with Crippen LogP contribution in [0.3, 0.4) is 0 Å². The molecule has 0 aromatic carbocycles. The predicted octanol–water partition coefficient (Wildman–Crippen LogP) is 1.70. The molecular formula is C12H15N3O3. The lowest BCUT2D eigenvalue weighted by molar-refractivity contribution is -0.00980. The highest BCUT2D eigenvalue weighted by Crippen LogP contribution is 2.27. The molecule has 96 valence electrons. The molecule has 1 atom stereocenters. The number of carboxylic acids is 1. The van der Waals surface area contributed by atoms with Crippen LogP contribution in [0.2, 0.25) is 0 Å².